The van der Waals surface area contributed by atoms with Gasteiger partial charge in [-0.05, 0) is 38.5 Å². The van der Waals surface area contributed by atoms with Gasteiger partial charge >= 0.3 is 0 Å². The van der Waals surface area contributed by atoms with Gasteiger partial charge in [-0.15, -0.1) is 0 Å². The largest absolute Gasteiger partial charge is 0.504 e. The van der Waals surface area contributed by atoms with Gasteiger partial charge in [-0.25, -0.2) is 0 Å². The van der Waals surface area contributed by atoms with Gasteiger partial charge in [0.15, 0.2) is 23.1 Å². The second-order valence-electron chi connectivity index (χ2n) is 4.91. The van der Waals surface area contributed by atoms with Gasteiger partial charge in [0.25, 0.3) is 0 Å². The molecule has 2 N–H and O–H groups in total. The van der Waals surface area contributed by atoms with E-state index >= 15 is 0 Å². The maximum absolute atomic E-state index is 11.7. The first kappa shape index (κ1) is 12.9. The van der Waals surface area contributed by atoms with Crippen molar-refractivity contribution < 1.29 is 19.8 Å². The molecule has 0 aromatic heterocycles. The van der Waals surface area contributed by atoms with Crippen LogP contribution in [0.3, 0.4) is 0 Å². The number of hydrogen-bond donors (Lipinski definition) is 2. The van der Waals surface area contributed by atoms with Crippen LogP contribution >= 0.6 is 0 Å². The minimum atomic E-state index is -0.370. The van der Waals surface area contributed by atoms with Crippen LogP contribution in [0, 0.1) is 0 Å². The highest BCUT2D eigenvalue weighted by molar-refractivity contribution is 5.99. The Labute approximate surface area is 106 Å². The summed E-state index contributed by atoms with van der Waals surface area (Å²) in [6, 6.07) is 0. The number of aliphatic hydroxyl groups excluding tert-OH is 2. The number of Topliss-reactive ketones (excluding diaryl/α,β-unsaturated/α-hetero) is 2. The van der Waals surface area contributed by atoms with Crippen molar-refractivity contribution in [2.24, 2.45) is 0 Å². The van der Waals surface area contributed by atoms with E-state index < -0.39 is 0 Å². The van der Waals surface area contributed by atoms with E-state index in [1.807, 2.05) is 0 Å². The zero-order chi connectivity index (χ0) is 13.1. The molecule has 0 spiro atoms. The maximum Gasteiger partial charge on any atom is 0.164 e. The Morgan fingerprint density at radius 3 is 1.33 bits per heavy atom. The van der Waals surface area contributed by atoms with Crippen LogP contribution in [-0.2, 0) is 9.59 Å². The molecule has 0 aromatic rings. The maximum atomic E-state index is 11.7. The Bertz CT molecular complexity index is 401. The Morgan fingerprint density at radius 1 is 0.667 bits per heavy atom. The highest BCUT2D eigenvalue weighted by Gasteiger charge is 2.26. The van der Waals surface area contributed by atoms with Crippen molar-refractivity contribution in [3.63, 3.8) is 0 Å². The minimum absolute atomic E-state index is 0.117. The molecule has 0 atom stereocenters. The van der Waals surface area contributed by atoms with Crippen LogP contribution in [0.2, 0.25) is 0 Å². The van der Waals surface area contributed by atoms with Crippen LogP contribution in [-0.4, -0.2) is 21.8 Å². The first-order valence-electron chi connectivity index (χ1n) is 6.52. The van der Waals surface area contributed by atoms with Gasteiger partial charge in [0, 0.05) is 24.0 Å². The normalized spacial score (nSPS) is 27.1. The van der Waals surface area contributed by atoms with E-state index in [1.54, 1.807) is 0 Å². The van der Waals surface area contributed by atoms with Crippen molar-refractivity contribution in [3.05, 3.63) is 22.7 Å². The molecule has 98 valence electrons. The highest BCUT2D eigenvalue weighted by atomic mass is 16.3. The van der Waals surface area contributed by atoms with Crippen LogP contribution in [0.15, 0.2) is 22.7 Å². The zero-order valence-corrected chi connectivity index (χ0v) is 10.4. The molecular formula is C14H18O4. The van der Waals surface area contributed by atoms with E-state index in [4.69, 9.17) is 0 Å². The molecule has 18 heavy (non-hydrogen) atoms. The van der Waals surface area contributed by atoms with Gasteiger partial charge in [0.05, 0.1) is 0 Å². The number of carbonyl (C=O) groups excluding carboxylic acids is 2. The summed E-state index contributed by atoms with van der Waals surface area (Å²) in [6.45, 7) is 0. The highest BCUT2D eigenvalue weighted by Crippen LogP contribution is 2.29. The zero-order valence-electron chi connectivity index (χ0n) is 10.4. The van der Waals surface area contributed by atoms with Crippen LogP contribution in [0.5, 0.6) is 0 Å². The van der Waals surface area contributed by atoms with Crippen LogP contribution < -0.4 is 0 Å². The summed E-state index contributed by atoms with van der Waals surface area (Å²) in [5.74, 6) is -0.974. The number of carbonyl (C=O) groups is 2. The lowest BCUT2D eigenvalue weighted by atomic mass is 9.88. The number of hydrogen-bond acceptors (Lipinski definition) is 4. The van der Waals surface area contributed by atoms with Crippen molar-refractivity contribution in [3.8, 4) is 0 Å². The number of rotatable bonds is 1. The Balaban J connectivity index is 2.34. The van der Waals surface area contributed by atoms with Gasteiger partial charge in [0.2, 0.25) is 0 Å². The third-order valence-corrected chi connectivity index (χ3v) is 3.63. The lowest BCUT2D eigenvalue weighted by Gasteiger charge is -2.18. The molecule has 0 unspecified atom stereocenters. The van der Waals surface area contributed by atoms with E-state index in [0.29, 0.717) is 25.7 Å². The van der Waals surface area contributed by atoms with Crippen molar-refractivity contribution in [2.45, 2.75) is 51.4 Å². The van der Waals surface area contributed by atoms with E-state index in [-0.39, 0.29) is 34.2 Å². The Hall–Kier alpha value is -1.58. The molecule has 0 aromatic carbocycles. The lowest BCUT2D eigenvalue weighted by Crippen LogP contribution is -2.16. The summed E-state index contributed by atoms with van der Waals surface area (Å²) in [5, 5.41) is 20.0. The predicted molar refractivity (Wildman–Crippen MR) is 66.3 cm³/mol. The summed E-state index contributed by atoms with van der Waals surface area (Å²) in [5.41, 5.74) is 0.564. The smallest absolute Gasteiger partial charge is 0.164 e. The van der Waals surface area contributed by atoms with Crippen LogP contribution in [0.25, 0.3) is 0 Å². The topological polar surface area (TPSA) is 74.6 Å². The fraction of sp³-hybridized carbons (Fsp3) is 0.571. The van der Waals surface area contributed by atoms with E-state index in [9.17, 15) is 19.8 Å². The molecule has 2 rings (SSSR count). The van der Waals surface area contributed by atoms with Gasteiger partial charge in [-0.2, -0.15) is 0 Å². The molecule has 0 amide bonds. The van der Waals surface area contributed by atoms with E-state index in [1.165, 1.54) is 0 Å². The SMILES string of the molecule is O=C1CCCCC1=C(O)C(O)=C1CCCCC1=O. The molecule has 0 aliphatic heterocycles. The average Bonchev–Trinajstić information content (AvgIpc) is 2.38. The number of aliphatic hydroxyl groups is 2. The average molecular weight is 250 g/mol. The first-order valence-corrected chi connectivity index (χ1v) is 6.52. The molecular weight excluding hydrogens is 232 g/mol. The van der Waals surface area contributed by atoms with E-state index in [2.05, 4.69) is 0 Å². The van der Waals surface area contributed by atoms with Crippen molar-refractivity contribution in [1.82, 2.24) is 0 Å². The molecule has 0 saturated heterocycles. The summed E-state index contributed by atoms with van der Waals surface area (Å²) in [4.78, 5) is 23.3. The molecule has 2 fully saturated rings. The summed E-state index contributed by atoms with van der Waals surface area (Å²) in [6.07, 6.45) is 5.11. The Morgan fingerprint density at radius 2 is 1.00 bits per heavy atom. The van der Waals surface area contributed by atoms with E-state index in [0.717, 1.165) is 25.7 Å². The first-order chi connectivity index (χ1) is 8.61. The Kier molecular flexibility index (Phi) is 3.84. The third kappa shape index (κ3) is 2.47. The predicted octanol–water partition coefficient (Wildman–Crippen LogP) is 2.90. The molecule has 2 aliphatic carbocycles. The quantitative estimate of drug-likeness (QED) is 0.554. The lowest BCUT2D eigenvalue weighted by molar-refractivity contribution is -0.117. The summed E-state index contributed by atoms with van der Waals surface area (Å²) in [7, 11) is 0. The van der Waals surface area contributed by atoms with Crippen LogP contribution in [0.4, 0.5) is 0 Å². The van der Waals surface area contributed by atoms with Crippen molar-refractivity contribution in [1.29, 1.82) is 0 Å². The molecule has 4 nitrogen and oxygen atoms in total. The molecule has 2 saturated carbocycles. The van der Waals surface area contributed by atoms with Crippen molar-refractivity contribution in [2.75, 3.05) is 0 Å². The van der Waals surface area contributed by atoms with Crippen LogP contribution in [0.1, 0.15) is 51.4 Å². The van der Waals surface area contributed by atoms with Gasteiger partial charge in [-0.3, -0.25) is 9.59 Å². The standard InChI is InChI=1S/C14H18O4/c15-11-7-3-1-5-9(11)13(17)14(18)10-6-2-4-8-12(10)16/h17-18H,1-8H2. The molecule has 2 aliphatic rings. The second-order valence-corrected chi connectivity index (χ2v) is 4.91. The molecule has 0 bridgehead atoms. The molecule has 4 heteroatoms. The summed E-state index contributed by atoms with van der Waals surface area (Å²) < 4.78 is 0. The third-order valence-electron chi connectivity index (χ3n) is 3.63. The monoisotopic (exact) mass is 250 g/mol. The summed E-state index contributed by atoms with van der Waals surface area (Å²) >= 11 is 0. The molecule has 0 heterocycles. The van der Waals surface area contributed by atoms with Gasteiger partial charge in [-0.1, -0.05) is 0 Å². The van der Waals surface area contributed by atoms with Gasteiger partial charge in [0.1, 0.15) is 0 Å². The second kappa shape index (κ2) is 5.38. The fourth-order valence-electron chi connectivity index (χ4n) is 2.54. The number of ketones is 2. The molecule has 0 radical (unpaired) electrons. The number of allylic oxidation sites excluding steroid dienone is 2. The van der Waals surface area contributed by atoms with Crippen molar-refractivity contribution >= 4 is 11.6 Å². The van der Waals surface area contributed by atoms with Gasteiger partial charge < -0.3 is 10.2 Å². The fourth-order valence-corrected chi connectivity index (χ4v) is 2.54. The minimum Gasteiger partial charge on any atom is -0.504 e.